The first-order valence-corrected chi connectivity index (χ1v) is 13.4. The van der Waals surface area contributed by atoms with E-state index in [-0.39, 0.29) is 11.3 Å². The number of Topliss-reactive ketones (excluding diaryl/α,β-unsaturated/α-hetero) is 1. The predicted molar refractivity (Wildman–Crippen MR) is 149 cm³/mol. The molecule has 0 radical (unpaired) electrons. The normalized spacial score (nSPS) is 17.9. The number of methoxy groups -OCH3 is 1. The van der Waals surface area contributed by atoms with E-state index in [0.29, 0.717) is 46.5 Å². The van der Waals surface area contributed by atoms with Crippen LogP contribution in [0.25, 0.3) is 16.0 Å². The molecule has 6 rings (SSSR count). The molecule has 10 heteroatoms. The van der Waals surface area contributed by atoms with Gasteiger partial charge in [0, 0.05) is 5.56 Å². The molecule has 1 unspecified atom stereocenters. The van der Waals surface area contributed by atoms with Gasteiger partial charge in [0.05, 0.1) is 34.5 Å². The molecule has 1 amide bonds. The van der Waals surface area contributed by atoms with Gasteiger partial charge in [0.2, 0.25) is 0 Å². The average molecular weight is 557 g/mol. The number of aliphatic hydroxyl groups is 1. The molecular formula is C30H24N2O7S. The minimum Gasteiger partial charge on any atom is -0.507 e. The second-order valence-electron chi connectivity index (χ2n) is 9.57. The summed E-state index contributed by atoms with van der Waals surface area (Å²) in [5.41, 5.74) is 3.76. The molecule has 4 aromatic rings. The van der Waals surface area contributed by atoms with Gasteiger partial charge in [-0.1, -0.05) is 29.5 Å². The molecule has 3 heterocycles. The topological polar surface area (TPSA) is 115 Å². The molecular weight excluding hydrogens is 532 g/mol. The Hall–Kier alpha value is -4.70. The number of nitrogens with zero attached hydrogens (tertiary/aromatic N) is 2. The van der Waals surface area contributed by atoms with Gasteiger partial charge in [-0.2, -0.15) is 0 Å². The molecule has 2 aliphatic heterocycles. The lowest BCUT2D eigenvalue weighted by Gasteiger charge is -2.23. The molecule has 2 aliphatic rings. The van der Waals surface area contributed by atoms with Crippen LogP contribution < -0.4 is 14.4 Å². The summed E-state index contributed by atoms with van der Waals surface area (Å²) >= 11 is 1.29. The van der Waals surface area contributed by atoms with Crippen LogP contribution in [0.4, 0.5) is 5.13 Å². The number of aromatic nitrogens is 1. The van der Waals surface area contributed by atoms with E-state index in [2.05, 4.69) is 0 Å². The molecule has 3 aromatic carbocycles. The number of anilines is 1. The van der Waals surface area contributed by atoms with Crippen molar-refractivity contribution in [1.29, 1.82) is 0 Å². The Morgan fingerprint density at radius 1 is 1.00 bits per heavy atom. The molecule has 1 aromatic heterocycles. The maximum Gasteiger partial charge on any atom is 0.337 e. The number of aryl methyl sites for hydroxylation is 2. The number of thiazole rings is 1. The lowest BCUT2D eigenvalue weighted by molar-refractivity contribution is -0.132. The largest absolute Gasteiger partial charge is 0.507 e. The fourth-order valence-corrected chi connectivity index (χ4v) is 6.24. The molecule has 0 spiro atoms. The van der Waals surface area contributed by atoms with E-state index in [0.717, 1.165) is 21.3 Å². The van der Waals surface area contributed by atoms with E-state index in [1.165, 1.54) is 23.3 Å². The molecule has 1 atom stereocenters. The number of fused-ring (bicyclic) bond motifs is 2. The molecule has 0 bridgehead atoms. The average Bonchev–Trinajstić information content (AvgIpc) is 3.50. The maximum atomic E-state index is 13.6. The molecule has 40 heavy (non-hydrogen) atoms. The number of amides is 1. The van der Waals surface area contributed by atoms with Crippen LogP contribution in [-0.4, -0.2) is 48.1 Å². The lowest BCUT2D eigenvalue weighted by atomic mass is 9.94. The highest BCUT2D eigenvalue weighted by Gasteiger charge is 2.48. The first-order chi connectivity index (χ1) is 19.3. The van der Waals surface area contributed by atoms with Crippen molar-refractivity contribution < 1.29 is 33.7 Å². The van der Waals surface area contributed by atoms with Gasteiger partial charge in [0.1, 0.15) is 19.0 Å². The SMILES string of the molecule is COC(=O)c1ccc(C2/C(=C(\O)c3ccc4c(c3)OCCO4)C(=O)C(=O)N2c2nc3c(C)cc(C)cc3s2)cc1. The number of benzene rings is 3. The molecule has 0 saturated carbocycles. The van der Waals surface area contributed by atoms with Crippen LogP contribution in [0.3, 0.4) is 0 Å². The number of ether oxygens (including phenoxy) is 3. The van der Waals surface area contributed by atoms with Gasteiger partial charge in [-0.05, 0) is 66.9 Å². The fourth-order valence-electron chi connectivity index (χ4n) is 5.07. The number of hydrogen-bond acceptors (Lipinski definition) is 9. The van der Waals surface area contributed by atoms with Gasteiger partial charge in [-0.25, -0.2) is 9.78 Å². The van der Waals surface area contributed by atoms with Crippen LogP contribution in [0.15, 0.2) is 60.2 Å². The van der Waals surface area contributed by atoms with Crippen molar-refractivity contribution >= 4 is 50.1 Å². The van der Waals surface area contributed by atoms with Crippen molar-refractivity contribution in [2.45, 2.75) is 19.9 Å². The summed E-state index contributed by atoms with van der Waals surface area (Å²) in [7, 11) is 1.29. The summed E-state index contributed by atoms with van der Waals surface area (Å²) in [6.07, 6.45) is 0. The third-order valence-electron chi connectivity index (χ3n) is 6.93. The highest BCUT2D eigenvalue weighted by Crippen LogP contribution is 2.45. The van der Waals surface area contributed by atoms with Gasteiger partial charge >= 0.3 is 11.9 Å². The van der Waals surface area contributed by atoms with Crippen molar-refractivity contribution in [3.8, 4) is 11.5 Å². The van der Waals surface area contributed by atoms with Crippen molar-refractivity contribution in [2.24, 2.45) is 0 Å². The minimum absolute atomic E-state index is 0.0975. The van der Waals surface area contributed by atoms with Crippen molar-refractivity contribution in [3.63, 3.8) is 0 Å². The number of esters is 1. The van der Waals surface area contributed by atoms with Crippen LogP contribution in [-0.2, 0) is 14.3 Å². The van der Waals surface area contributed by atoms with E-state index in [4.69, 9.17) is 19.2 Å². The van der Waals surface area contributed by atoms with E-state index in [9.17, 15) is 19.5 Å². The summed E-state index contributed by atoms with van der Waals surface area (Å²) in [4.78, 5) is 45.3. The molecule has 9 nitrogen and oxygen atoms in total. The van der Waals surface area contributed by atoms with Crippen LogP contribution in [0.5, 0.6) is 11.5 Å². The van der Waals surface area contributed by atoms with Crippen LogP contribution in [0, 0.1) is 13.8 Å². The highest BCUT2D eigenvalue weighted by atomic mass is 32.1. The zero-order valence-electron chi connectivity index (χ0n) is 21.9. The third-order valence-corrected chi connectivity index (χ3v) is 7.93. The second kappa shape index (κ2) is 9.80. The Bertz CT molecular complexity index is 1740. The molecule has 1 saturated heterocycles. The maximum absolute atomic E-state index is 13.6. The minimum atomic E-state index is -0.998. The quantitative estimate of drug-likeness (QED) is 0.160. The Balaban J connectivity index is 1.54. The van der Waals surface area contributed by atoms with E-state index in [1.807, 2.05) is 26.0 Å². The van der Waals surface area contributed by atoms with Gasteiger partial charge < -0.3 is 19.3 Å². The number of aliphatic hydroxyl groups excluding tert-OH is 1. The zero-order valence-corrected chi connectivity index (χ0v) is 22.7. The van der Waals surface area contributed by atoms with Crippen LogP contribution in [0.2, 0.25) is 0 Å². The van der Waals surface area contributed by atoms with Crippen LogP contribution in [0.1, 0.15) is 38.7 Å². The van der Waals surface area contributed by atoms with Crippen molar-refractivity contribution in [2.75, 3.05) is 25.2 Å². The first-order valence-electron chi connectivity index (χ1n) is 12.5. The summed E-state index contributed by atoms with van der Waals surface area (Å²) in [6, 6.07) is 14.2. The summed E-state index contributed by atoms with van der Waals surface area (Å²) in [5, 5.41) is 11.8. The zero-order chi connectivity index (χ0) is 28.1. The standard InChI is InChI=1S/C30H24N2O7S/c1-15-12-16(2)24-22(13-15)40-30(31-24)32-25(17-4-6-18(7-5-17)29(36)37-3)23(27(34)28(32)35)26(33)19-8-9-20-21(14-19)39-11-10-38-20/h4-9,12-14,25,33H,10-11H2,1-3H3/b26-23+. The number of hydrogen-bond donors (Lipinski definition) is 1. The monoisotopic (exact) mass is 556 g/mol. The Kier molecular flexibility index (Phi) is 6.26. The lowest BCUT2D eigenvalue weighted by Crippen LogP contribution is -2.29. The summed E-state index contributed by atoms with van der Waals surface area (Å²) in [5.74, 6) is -1.57. The third kappa shape index (κ3) is 4.17. The first kappa shape index (κ1) is 25.6. The second-order valence-corrected chi connectivity index (χ2v) is 10.6. The molecule has 202 valence electrons. The highest BCUT2D eigenvalue weighted by molar-refractivity contribution is 7.22. The van der Waals surface area contributed by atoms with Gasteiger partial charge in [-0.15, -0.1) is 0 Å². The number of ketones is 1. The Morgan fingerprint density at radius 3 is 2.42 bits per heavy atom. The summed E-state index contributed by atoms with van der Waals surface area (Å²) in [6.45, 7) is 4.68. The van der Waals surface area contributed by atoms with Gasteiger partial charge in [0.15, 0.2) is 16.6 Å². The van der Waals surface area contributed by atoms with Crippen molar-refractivity contribution in [3.05, 3.63) is 88.0 Å². The Labute approximate surface area is 233 Å². The molecule has 1 N–H and O–H groups in total. The van der Waals surface area contributed by atoms with Crippen molar-refractivity contribution in [1.82, 2.24) is 4.98 Å². The molecule has 1 fully saturated rings. The van der Waals surface area contributed by atoms with Gasteiger partial charge in [-0.3, -0.25) is 14.5 Å². The predicted octanol–water partition coefficient (Wildman–Crippen LogP) is 5.10. The number of rotatable bonds is 4. The van der Waals surface area contributed by atoms with E-state index < -0.39 is 23.7 Å². The van der Waals surface area contributed by atoms with E-state index >= 15 is 0 Å². The smallest absolute Gasteiger partial charge is 0.337 e. The van der Waals surface area contributed by atoms with E-state index in [1.54, 1.807) is 42.5 Å². The number of carbonyl (C=O) groups excluding carboxylic acids is 3. The van der Waals surface area contributed by atoms with Gasteiger partial charge in [0.25, 0.3) is 5.78 Å². The van der Waals surface area contributed by atoms with Crippen LogP contribution >= 0.6 is 11.3 Å². The number of carbonyl (C=O) groups is 3. The Morgan fingerprint density at radius 2 is 1.70 bits per heavy atom. The molecule has 0 aliphatic carbocycles. The fraction of sp³-hybridized carbons (Fsp3) is 0.200. The summed E-state index contributed by atoms with van der Waals surface area (Å²) < 4.78 is 16.9.